The van der Waals surface area contributed by atoms with Crippen LogP contribution >= 0.6 is 23.4 Å². The van der Waals surface area contributed by atoms with Crippen molar-refractivity contribution in [2.24, 2.45) is 0 Å². The van der Waals surface area contributed by atoms with E-state index < -0.39 is 0 Å². The molecule has 2 aromatic rings. The Kier molecular flexibility index (Phi) is 3.92. The van der Waals surface area contributed by atoms with Crippen molar-refractivity contribution in [1.29, 1.82) is 5.26 Å². The number of aromatic nitrogens is 1. The first-order valence-corrected chi connectivity index (χ1v) is 9.18. The first kappa shape index (κ1) is 14.9. The van der Waals surface area contributed by atoms with E-state index in [1.54, 1.807) is 11.8 Å². The van der Waals surface area contributed by atoms with Crippen LogP contribution in [0.1, 0.15) is 35.6 Å². The highest BCUT2D eigenvalue weighted by Crippen LogP contribution is 2.43. The molecule has 3 aliphatic heterocycles. The van der Waals surface area contributed by atoms with Gasteiger partial charge in [0.1, 0.15) is 11.1 Å². The summed E-state index contributed by atoms with van der Waals surface area (Å²) >= 11 is 7.66. The number of nitrogens with zero attached hydrogens (tertiary/aromatic N) is 3. The monoisotopic (exact) mass is 341 g/mol. The fourth-order valence-corrected chi connectivity index (χ4v) is 4.53. The first-order chi connectivity index (χ1) is 11.2. The van der Waals surface area contributed by atoms with Gasteiger partial charge >= 0.3 is 0 Å². The Hall–Kier alpha value is -1.70. The van der Waals surface area contributed by atoms with Gasteiger partial charge in [-0.25, -0.2) is 4.98 Å². The van der Waals surface area contributed by atoms with Crippen molar-refractivity contribution in [3.63, 3.8) is 0 Å². The van der Waals surface area contributed by atoms with Crippen molar-refractivity contribution in [2.45, 2.75) is 29.5 Å². The Labute approximate surface area is 145 Å². The number of benzene rings is 1. The fourth-order valence-electron chi connectivity index (χ4n) is 3.42. The van der Waals surface area contributed by atoms with Gasteiger partial charge < -0.3 is 4.90 Å². The Morgan fingerprint density at radius 3 is 2.87 bits per heavy atom. The van der Waals surface area contributed by atoms with Gasteiger partial charge in [0.2, 0.25) is 0 Å². The predicted molar refractivity (Wildman–Crippen MR) is 94.2 cm³/mol. The molecule has 0 unspecified atom stereocenters. The van der Waals surface area contributed by atoms with Gasteiger partial charge in [0.15, 0.2) is 0 Å². The van der Waals surface area contributed by atoms with Crippen molar-refractivity contribution in [2.75, 3.05) is 18.0 Å². The molecule has 1 aromatic carbocycles. The van der Waals surface area contributed by atoms with Crippen LogP contribution in [0.15, 0.2) is 35.4 Å². The summed E-state index contributed by atoms with van der Waals surface area (Å²) in [5, 5.41) is 11.1. The third kappa shape index (κ3) is 2.80. The number of thioether (sulfide) groups is 1. The van der Waals surface area contributed by atoms with Crippen LogP contribution in [0.2, 0.25) is 5.02 Å². The maximum absolute atomic E-state index is 9.49. The largest absolute Gasteiger partial charge is 0.370 e. The summed E-state index contributed by atoms with van der Waals surface area (Å²) in [5.41, 5.74) is 4.20. The van der Waals surface area contributed by atoms with E-state index in [1.807, 2.05) is 24.3 Å². The zero-order valence-corrected chi connectivity index (χ0v) is 14.2. The van der Waals surface area contributed by atoms with Crippen LogP contribution in [-0.2, 0) is 5.75 Å². The van der Waals surface area contributed by atoms with Crippen LogP contribution in [0.5, 0.6) is 0 Å². The Morgan fingerprint density at radius 2 is 2.13 bits per heavy atom. The lowest BCUT2D eigenvalue weighted by molar-refractivity contribution is 0.461. The van der Waals surface area contributed by atoms with Gasteiger partial charge in [-0.05, 0) is 36.6 Å². The highest BCUT2D eigenvalue weighted by Gasteiger charge is 2.33. The van der Waals surface area contributed by atoms with Gasteiger partial charge in [-0.2, -0.15) is 5.26 Å². The quantitative estimate of drug-likeness (QED) is 0.765. The lowest BCUT2D eigenvalue weighted by Gasteiger charge is -2.41. The van der Waals surface area contributed by atoms with E-state index in [1.165, 1.54) is 24.2 Å². The van der Waals surface area contributed by atoms with Gasteiger partial charge in [0, 0.05) is 29.8 Å². The number of piperidine rings is 1. The fraction of sp³-hybridized carbons (Fsp3) is 0.333. The van der Waals surface area contributed by atoms with E-state index in [0.29, 0.717) is 11.5 Å². The summed E-state index contributed by atoms with van der Waals surface area (Å²) in [7, 11) is 0. The van der Waals surface area contributed by atoms with Gasteiger partial charge in [0.05, 0.1) is 16.9 Å². The minimum Gasteiger partial charge on any atom is -0.370 e. The van der Waals surface area contributed by atoms with E-state index >= 15 is 0 Å². The summed E-state index contributed by atoms with van der Waals surface area (Å²) in [6, 6.07) is 12.2. The van der Waals surface area contributed by atoms with Crippen molar-refractivity contribution in [3.8, 4) is 6.07 Å². The Balaban J connectivity index is 1.64. The molecule has 3 nitrogen and oxygen atoms in total. The number of pyridine rings is 1. The van der Waals surface area contributed by atoms with E-state index in [0.717, 1.165) is 34.5 Å². The molecule has 116 valence electrons. The number of hydrogen-bond acceptors (Lipinski definition) is 4. The van der Waals surface area contributed by atoms with Crippen LogP contribution in [-0.4, -0.2) is 18.1 Å². The molecule has 0 amide bonds. The molecule has 23 heavy (non-hydrogen) atoms. The van der Waals surface area contributed by atoms with E-state index in [2.05, 4.69) is 17.0 Å². The highest BCUT2D eigenvalue weighted by molar-refractivity contribution is 7.98. The predicted octanol–water partition coefficient (Wildman–Crippen LogP) is 4.60. The number of halogens is 1. The second-order valence-electron chi connectivity index (χ2n) is 6.04. The maximum Gasteiger partial charge on any atom is 0.115 e. The second-order valence-corrected chi connectivity index (χ2v) is 7.44. The van der Waals surface area contributed by atoms with Crippen LogP contribution in [0.4, 0.5) is 5.69 Å². The Bertz CT molecular complexity index is 791. The van der Waals surface area contributed by atoms with Crippen LogP contribution in [0.25, 0.3) is 0 Å². The van der Waals surface area contributed by atoms with Crippen molar-refractivity contribution >= 4 is 29.1 Å². The molecular formula is C18H16ClN3S. The highest BCUT2D eigenvalue weighted by atomic mass is 35.5. The summed E-state index contributed by atoms with van der Waals surface area (Å²) in [4.78, 5) is 7.24. The third-order valence-corrected chi connectivity index (χ3v) is 5.90. The molecule has 1 saturated heterocycles. The van der Waals surface area contributed by atoms with Crippen molar-refractivity contribution < 1.29 is 0 Å². The summed E-state index contributed by atoms with van der Waals surface area (Å²) in [5.74, 6) is 1.34. The first-order valence-electron chi connectivity index (χ1n) is 7.82. The molecule has 0 N–H and O–H groups in total. The SMILES string of the molecule is N#Cc1cc2c(nc1SCc1cccc(Cl)c1)C1CCN2CC1. The minimum atomic E-state index is 0.563. The lowest BCUT2D eigenvalue weighted by Crippen LogP contribution is -2.39. The van der Waals surface area contributed by atoms with Crippen LogP contribution in [0.3, 0.4) is 0 Å². The molecule has 0 saturated carbocycles. The average Bonchev–Trinajstić information content (AvgIpc) is 2.60. The molecule has 4 heterocycles. The summed E-state index contributed by atoms with van der Waals surface area (Å²) in [6.07, 6.45) is 2.37. The molecule has 2 bridgehead atoms. The molecule has 5 rings (SSSR count). The lowest BCUT2D eigenvalue weighted by atomic mass is 9.86. The summed E-state index contributed by atoms with van der Waals surface area (Å²) < 4.78 is 0. The number of rotatable bonds is 3. The average molecular weight is 342 g/mol. The third-order valence-electron chi connectivity index (χ3n) is 4.60. The molecule has 3 aliphatic rings. The number of fused-ring (bicyclic) bond motifs is 2. The zero-order valence-electron chi connectivity index (χ0n) is 12.6. The molecule has 0 radical (unpaired) electrons. The standard InChI is InChI=1S/C18H16ClN3S/c19-15-3-1-2-12(8-15)11-23-18-14(10-20)9-16-17(21-18)13-4-6-22(16)7-5-13/h1-3,8-9,13H,4-7,11H2. The molecule has 0 atom stereocenters. The van der Waals surface area contributed by atoms with E-state index in [9.17, 15) is 5.26 Å². The molecule has 0 aliphatic carbocycles. The number of anilines is 1. The van der Waals surface area contributed by atoms with Gasteiger partial charge in [-0.1, -0.05) is 23.7 Å². The van der Waals surface area contributed by atoms with Gasteiger partial charge in [-0.15, -0.1) is 11.8 Å². The topological polar surface area (TPSA) is 39.9 Å². The number of nitriles is 1. The smallest absolute Gasteiger partial charge is 0.115 e. The molecule has 1 fully saturated rings. The minimum absolute atomic E-state index is 0.563. The van der Waals surface area contributed by atoms with Gasteiger partial charge in [-0.3, -0.25) is 0 Å². The molecule has 1 aromatic heterocycles. The van der Waals surface area contributed by atoms with Gasteiger partial charge in [0.25, 0.3) is 0 Å². The second kappa shape index (κ2) is 6.07. The zero-order chi connectivity index (χ0) is 15.8. The molecule has 0 spiro atoms. The van der Waals surface area contributed by atoms with E-state index in [4.69, 9.17) is 16.6 Å². The summed E-state index contributed by atoms with van der Waals surface area (Å²) in [6.45, 7) is 2.19. The molecular weight excluding hydrogens is 326 g/mol. The van der Waals surface area contributed by atoms with Crippen molar-refractivity contribution in [3.05, 3.63) is 52.2 Å². The van der Waals surface area contributed by atoms with Crippen LogP contribution in [0, 0.1) is 11.3 Å². The maximum atomic E-state index is 9.49. The van der Waals surface area contributed by atoms with Crippen LogP contribution < -0.4 is 4.90 Å². The molecule has 5 heteroatoms. The Morgan fingerprint density at radius 1 is 1.30 bits per heavy atom. The van der Waals surface area contributed by atoms with E-state index in [-0.39, 0.29) is 0 Å². The normalized spacial score (nSPS) is 16.3. The number of hydrogen-bond donors (Lipinski definition) is 0. The van der Waals surface area contributed by atoms with Crippen molar-refractivity contribution in [1.82, 2.24) is 4.98 Å².